The molecule has 150 valence electrons. The first-order valence-electron chi connectivity index (χ1n) is 8.84. The molecular formula is C19H21ClF2N4O2. The minimum Gasteiger partial charge on any atom is -0.443 e. The maximum atomic E-state index is 14.4. The molecule has 0 radical (unpaired) electrons. The van der Waals surface area contributed by atoms with Crippen LogP contribution in [0.3, 0.4) is 0 Å². The van der Waals surface area contributed by atoms with Crippen molar-refractivity contribution >= 4 is 23.5 Å². The molecule has 3 rings (SSSR count). The molecule has 2 aromatic rings. The van der Waals surface area contributed by atoms with Gasteiger partial charge in [0.05, 0.1) is 5.69 Å². The van der Waals surface area contributed by atoms with Crippen LogP contribution in [0.2, 0.25) is 5.15 Å². The van der Waals surface area contributed by atoms with Crippen molar-refractivity contribution < 1.29 is 18.3 Å². The van der Waals surface area contributed by atoms with Gasteiger partial charge >= 0.3 is 6.09 Å². The number of rotatable bonds is 4. The van der Waals surface area contributed by atoms with Gasteiger partial charge in [0.2, 0.25) is 0 Å². The monoisotopic (exact) mass is 410 g/mol. The number of hydrogen-bond acceptors (Lipinski definition) is 5. The zero-order chi connectivity index (χ0) is 20.5. The predicted octanol–water partition coefficient (Wildman–Crippen LogP) is 4.48. The molecule has 0 atom stereocenters. The number of anilines is 1. The summed E-state index contributed by atoms with van der Waals surface area (Å²) in [5.74, 6) is -0.364. The van der Waals surface area contributed by atoms with Crippen LogP contribution >= 0.6 is 11.6 Å². The van der Waals surface area contributed by atoms with Crippen LogP contribution in [0, 0.1) is 5.82 Å². The molecule has 0 bridgehead atoms. The SMILES string of the molecule is CC(C)(C)OC(=O)N(C[C@]1(c2ncccc2F)C[C@@H](F)C1)c1ccc(Cl)nn1. The van der Waals surface area contributed by atoms with E-state index < -0.39 is 29.1 Å². The zero-order valence-corrected chi connectivity index (χ0v) is 16.6. The first-order valence-corrected chi connectivity index (χ1v) is 9.22. The molecule has 2 heterocycles. The fourth-order valence-electron chi connectivity index (χ4n) is 3.27. The van der Waals surface area contributed by atoms with Crippen molar-refractivity contribution in [1.82, 2.24) is 15.2 Å². The molecule has 0 saturated heterocycles. The zero-order valence-electron chi connectivity index (χ0n) is 15.8. The molecular weight excluding hydrogens is 390 g/mol. The van der Waals surface area contributed by atoms with Crippen molar-refractivity contribution in [3.63, 3.8) is 0 Å². The minimum atomic E-state index is -1.10. The van der Waals surface area contributed by atoms with Crippen molar-refractivity contribution in [1.29, 1.82) is 0 Å². The summed E-state index contributed by atoms with van der Waals surface area (Å²) in [4.78, 5) is 18.2. The van der Waals surface area contributed by atoms with Crippen molar-refractivity contribution in [2.45, 2.75) is 50.8 Å². The van der Waals surface area contributed by atoms with Crippen LogP contribution in [0.4, 0.5) is 19.4 Å². The average Bonchev–Trinajstić information content (AvgIpc) is 2.57. The molecule has 2 aromatic heterocycles. The fraction of sp³-hybridized carbons (Fsp3) is 0.474. The number of ether oxygens (including phenoxy) is 1. The summed E-state index contributed by atoms with van der Waals surface area (Å²) in [7, 11) is 0. The lowest BCUT2D eigenvalue weighted by molar-refractivity contribution is 0.0507. The van der Waals surface area contributed by atoms with Crippen LogP contribution in [0.1, 0.15) is 39.3 Å². The van der Waals surface area contributed by atoms with Crippen LogP contribution in [-0.4, -0.2) is 39.6 Å². The first-order chi connectivity index (χ1) is 13.1. The molecule has 1 aliphatic carbocycles. The van der Waals surface area contributed by atoms with Crippen LogP contribution in [0.25, 0.3) is 0 Å². The molecule has 9 heteroatoms. The first kappa shape index (κ1) is 20.4. The normalized spacial score (nSPS) is 21.7. The molecule has 0 aliphatic heterocycles. The number of aromatic nitrogens is 3. The lowest BCUT2D eigenvalue weighted by Crippen LogP contribution is -2.54. The van der Waals surface area contributed by atoms with Gasteiger partial charge in [-0.25, -0.2) is 13.6 Å². The van der Waals surface area contributed by atoms with Gasteiger partial charge in [-0.3, -0.25) is 9.88 Å². The molecule has 6 nitrogen and oxygen atoms in total. The number of carbonyl (C=O) groups is 1. The number of carbonyl (C=O) groups excluding carboxylic acids is 1. The molecule has 1 fully saturated rings. The van der Waals surface area contributed by atoms with Crippen LogP contribution in [0.15, 0.2) is 30.5 Å². The molecule has 1 amide bonds. The number of amides is 1. The number of halogens is 3. The Kier molecular flexibility index (Phi) is 5.52. The highest BCUT2D eigenvalue weighted by molar-refractivity contribution is 6.29. The highest BCUT2D eigenvalue weighted by atomic mass is 35.5. The Balaban J connectivity index is 1.98. The maximum absolute atomic E-state index is 14.4. The van der Waals surface area contributed by atoms with Gasteiger partial charge in [-0.05, 0) is 57.9 Å². The molecule has 0 unspecified atom stereocenters. The van der Waals surface area contributed by atoms with E-state index in [1.807, 2.05) is 0 Å². The van der Waals surface area contributed by atoms with Gasteiger partial charge in [0.25, 0.3) is 0 Å². The maximum Gasteiger partial charge on any atom is 0.416 e. The van der Waals surface area contributed by atoms with E-state index in [2.05, 4.69) is 15.2 Å². The van der Waals surface area contributed by atoms with Gasteiger partial charge in [0.1, 0.15) is 17.6 Å². The van der Waals surface area contributed by atoms with E-state index in [0.717, 1.165) is 0 Å². The minimum absolute atomic E-state index is 0.0429. The molecule has 0 N–H and O–H groups in total. The third-order valence-corrected chi connectivity index (χ3v) is 4.66. The number of hydrogen-bond donors (Lipinski definition) is 0. The highest BCUT2D eigenvalue weighted by Crippen LogP contribution is 2.46. The van der Waals surface area contributed by atoms with E-state index in [1.165, 1.54) is 35.4 Å². The Morgan fingerprint density at radius 1 is 1.32 bits per heavy atom. The number of nitrogens with zero attached hydrogens (tertiary/aromatic N) is 4. The largest absolute Gasteiger partial charge is 0.443 e. The van der Waals surface area contributed by atoms with Crippen molar-refractivity contribution in [3.8, 4) is 0 Å². The van der Waals surface area contributed by atoms with E-state index >= 15 is 0 Å². The van der Waals surface area contributed by atoms with Gasteiger partial charge in [-0.15, -0.1) is 10.2 Å². The number of pyridine rings is 1. The van der Waals surface area contributed by atoms with Gasteiger partial charge < -0.3 is 4.74 Å². The van der Waals surface area contributed by atoms with Crippen molar-refractivity contribution in [3.05, 3.63) is 47.1 Å². The highest BCUT2D eigenvalue weighted by Gasteiger charge is 2.51. The van der Waals surface area contributed by atoms with Crippen molar-refractivity contribution in [2.24, 2.45) is 0 Å². The molecule has 28 heavy (non-hydrogen) atoms. The second-order valence-electron chi connectivity index (χ2n) is 7.90. The molecule has 0 aromatic carbocycles. The van der Waals surface area contributed by atoms with Gasteiger partial charge in [-0.2, -0.15) is 0 Å². The Bertz CT molecular complexity index is 852. The second-order valence-corrected chi connectivity index (χ2v) is 8.29. The lowest BCUT2D eigenvalue weighted by atomic mass is 9.64. The lowest BCUT2D eigenvalue weighted by Gasteiger charge is -2.46. The summed E-state index contributed by atoms with van der Waals surface area (Å²) >= 11 is 5.79. The summed E-state index contributed by atoms with van der Waals surface area (Å²) in [5.41, 5.74) is -1.62. The van der Waals surface area contributed by atoms with E-state index in [-0.39, 0.29) is 36.1 Å². The third-order valence-electron chi connectivity index (χ3n) is 4.45. The Morgan fingerprint density at radius 2 is 2.04 bits per heavy atom. The molecule has 1 saturated carbocycles. The predicted molar refractivity (Wildman–Crippen MR) is 101 cm³/mol. The average molecular weight is 411 g/mol. The van der Waals surface area contributed by atoms with Gasteiger partial charge in [-0.1, -0.05) is 11.6 Å². The quantitative estimate of drug-likeness (QED) is 0.743. The summed E-state index contributed by atoms with van der Waals surface area (Å²) in [6.45, 7) is 5.13. The standard InChI is InChI=1S/C19H21ClF2N4O2/c1-18(2,3)28-17(27)26(15-7-6-14(20)24-25-15)11-19(9-12(21)10-19)16-13(22)5-4-8-23-16/h4-8,12H,9-11H2,1-3H3/t12-,19+. The van der Waals surface area contributed by atoms with E-state index in [1.54, 1.807) is 20.8 Å². The number of alkyl halides is 1. The van der Waals surface area contributed by atoms with E-state index in [9.17, 15) is 13.6 Å². The second kappa shape index (κ2) is 7.58. The van der Waals surface area contributed by atoms with Gasteiger partial charge in [0.15, 0.2) is 11.0 Å². The smallest absolute Gasteiger partial charge is 0.416 e. The summed E-state index contributed by atoms with van der Waals surface area (Å²) in [6.07, 6.45) is -0.256. The van der Waals surface area contributed by atoms with E-state index in [0.29, 0.717) is 0 Å². The van der Waals surface area contributed by atoms with Crippen LogP contribution < -0.4 is 4.90 Å². The van der Waals surface area contributed by atoms with Gasteiger partial charge in [0, 0.05) is 18.2 Å². The Morgan fingerprint density at radius 3 is 2.57 bits per heavy atom. The topological polar surface area (TPSA) is 68.2 Å². The summed E-state index contributed by atoms with van der Waals surface area (Å²) in [6, 6.07) is 5.73. The van der Waals surface area contributed by atoms with Crippen molar-refractivity contribution in [2.75, 3.05) is 11.4 Å². The third kappa shape index (κ3) is 4.38. The molecule has 0 spiro atoms. The summed E-state index contributed by atoms with van der Waals surface area (Å²) in [5, 5.41) is 7.86. The van der Waals surface area contributed by atoms with E-state index in [4.69, 9.17) is 16.3 Å². The fourth-order valence-corrected chi connectivity index (χ4v) is 3.37. The van der Waals surface area contributed by atoms with Crippen LogP contribution in [0.5, 0.6) is 0 Å². The van der Waals surface area contributed by atoms with Crippen LogP contribution in [-0.2, 0) is 10.2 Å². The Hall–Kier alpha value is -2.35. The summed E-state index contributed by atoms with van der Waals surface area (Å²) < 4.78 is 33.8. The molecule has 1 aliphatic rings. The Labute approximate surface area is 166 Å².